The van der Waals surface area contributed by atoms with E-state index < -0.39 is 0 Å². The third-order valence-electron chi connectivity index (χ3n) is 2.11. The quantitative estimate of drug-likeness (QED) is 0.565. The van der Waals surface area contributed by atoms with Gasteiger partial charge in [0.15, 0.2) is 0 Å². The monoisotopic (exact) mass is 204 g/mol. The maximum atomic E-state index is 11.3. The Balaban J connectivity index is 2.28. The topological polar surface area (TPSA) is 41.1 Å². The van der Waals surface area contributed by atoms with Gasteiger partial charge in [-0.1, -0.05) is 43.3 Å². The molecule has 0 aliphatic rings. The van der Waals surface area contributed by atoms with Gasteiger partial charge in [0.1, 0.15) is 0 Å². The Morgan fingerprint density at radius 3 is 2.73 bits per heavy atom. The summed E-state index contributed by atoms with van der Waals surface area (Å²) in [6.45, 7) is 5.98. The summed E-state index contributed by atoms with van der Waals surface area (Å²) < 4.78 is 0. The zero-order valence-electron chi connectivity index (χ0n) is 8.86. The van der Waals surface area contributed by atoms with E-state index >= 15 is 0 Å². The van der Waals surface area contributed by atoms with E-state index in [9.17, 15) is 4.79 Å². The molecule has 1 atom stereocenters. The Kier molecular flexibility index (Phi) is 4.57. The molecule has 0 aliphatic carbocycles. The van der Waals surface area contributed by atoms with Crippen LogP contribution in [0.1, 0.15) is 12.5 Å². The zero-order valence-corrected chi connectivity index (χ0v) is 8.86. The molecule has 15 heavy (non-hydrogen) atoms. The van der Waals surface area contributed by atoms with Crippen molar-refractivity contribution in [3.63, 3.8) is 0 Å². The van der Waals surface area contributed by atoms with E-state index in [0.29, 0.717) is 6.54 Å². The van der Waals surface area contributed by atoms with Gasteiger partial charge in [-0.2, -0.15) is 0 Å². The van der Waals surface area contributed by atoms with Gasteiger partial charge in [0.05, 0.1) is 5.92 Å². The van der Waals surface area contributed by atoms with Crippen LogP contribution in [0.25, 0.3) is 0 Å². The molecule has 1 unspecified atom stereocenters. The van der Waals surface area contributed by atoms with Crippen molar-refractivity contribution in [2.45, 2.75) is 13.5 Å². The first-order valence-electron chi connectivity index (χ1n) is 4.93. The van der Waals surface area contributed by atoms with E-state index in [4.69, 9.17) is 0 Å². The second-order valence-electron chi connectivity index (χ2n) is 3.35. The second kappa shape index (κ2) is 5.98. The standard InChI is InChI=1S/C12H16N2O/c1-3-10(2)12(15)14-13-9-11-7-5-4-6-8-11/h3-8,10,13H,1,9H2,2H3,(H,14,15). The van der Waals surface area contributed by atoms with Gasteiger partial charge in [0.2, 0.25) is 5.91 Å². The molecule has 1 amide bonds. The van der Waals surface area contributed by atoms with Gasteiger partial charge >= 0.3 is 0 Å². The lowest BCUT2D eigenvalue weighted by Crippen LogP contribution is -2.39. The van der Waals surface area contributed by atoms with Crippen molar-refractivity contribution >= 4 is 5.91 Å². The Hall–Kier alpha value is -1.61. The van der Waals surface area contributed by atoms with Gasteiger partial charge in [-0.25, -0.2) is 5.43 Å². The summed E-state index contributed by atoms with van der Waals surface area (Å²) in [6, 6.07) is 9.88. The lowest BCUT2D eigenvalue weighted by Gasteiger charge is -2.09. The highest BCUT2D eigenvalue weighted by atomic mass is 16.2. The first-order valence-corrected chi connectivity index (χ1v) is 4.93. The maximum absolute atomic E-state index is 11.3. The third kappa shape index (κ3) is 3.95. The molecule has 0 aromatic heterocycles. The molecule has 0 radical (unpaired) electrons. The molecule has 0 saturated heterocycles. The zero-order chi connectivity index (χ0) is 11.1. The second-order valence-corrected chi connectivity index (χ2v) is 3.35. The van der Waals surface area contributed by atoms with Gasteiger partial charge in [0.25, 0.3) is 0 Å². The molecular weight excluding hydrogens is 188 g/mol. The van der Waals surface area contributed by atoms with Gasteiger partial charge < -0.3 is 0 Å². The molecule has 1 rings (SSSR count). The minimum atomic E-state index is -0.173. The molecule has 2 N–H and O–H groups in total. The van der Waals surface area contributed by atoms with Crippen LogP contribution >= 0.6 is 0 Å². The molecular formula is C12H16N2O. The van der Waals surface area contributed by atoms with Crippen LogP contribution in [0.5, 0.6) is 0 Å². The third-order valence-corrected chi connectivity index (χ3v) is 2.11. The molecule has 0 heterocycles. The number of hydrazine groups is 1. The van der Waals surface area contributed by atoms with Gasteiger partial charge in [-0.3, -0.25) is 10.2 Å². The number of hydrogen-bond acceptors (Lipinski definition) is 2. The van der Waals surface area contributed by atoms with Crippen LogP contribution in [0.3, 0.4) is 0 Å². The normalized spacial score (nSPS) is 11.8. The molecule has 0 aliphatic heterocycles. The lowest BCUT2D eigenvalue weighted by atomic mass is 10.2. The Bertz CT molecular complexity index is 322. The summed E-state index contributed by atoms with van der Waals surface area (Å²) in [5.74, 6) is -0.241. The maximum Gasteiger partial charge on any atom is 0.240 e. The summed E-state index contributed by atoms with van der Waals surface area (Å²) in [5.41, 5.74) is 6.62. The van der Waals surface area contributed by atoms with E-state index in [0.717, 1.165) is 5.56 Å². The van der Waals surface area contributed by atoms with Crippen molar-refractivity contribution in [1.29, 1.82) is 0 Å². The smallest absolute Gasteiger partial charge is 0.240 e. The minimum Gasteiger partial charge on any atom is -0.291 e. The molecule has 0 saturated carbocycles. The first kappa shape index (κ1) is 11.5. The van der Waals surface area contributed by atoms with Crippen LogP contribution in [0.4, 0.5) is 0 Å². The molecule has 0 spiro atoms. The van der Waals surface area contributed by atoms with Crippen LogP contribution in [-0.2, 0) is 11.3 Å². The summed E-state index contributed by atoms with van der Waals surface area (Å²) in [7, 11) is 0. The molecule has 0 fully saturated rings. The summed E-state index contributed by atoms with van der Waals surface area (Å²) in [4.78, 5) is 11.3. The average molecular weight is 204 g/mol. The molecule has 3 heteroatoms. The van der Waals surface area contributed by atoms with Crippen LogP contribution in [0.15, 0.2) is 43.0 Å². The molecule has 3 nitrogen and oxygen atoms in total. The number of carbonyl (C=O) groups is 1. The number of nitrogens with one attached hydrogen (secondary N) is 2. The van der Waals surface area contributed by atoms with E-state index in [2.05, 4.69) is 17.4 Å². The summed E-state index contributed by atoms with van der Waals surface area (Å²) >= 11 is 0. The van der Waals surface area contributed by atoms with E-state index in [1.165, 1.54) is 0 Å². The van der Waals surface area contributed by atoms with Crippen molar-refractivity contribution in [3.05, 3.63) is 48.6 Å². The largest absolute Gasteiger partial charge is 0.291 e. The fraction of sp³-hybridized carbons (Fsp3) is 0.250. The van der Waals surface area contributed by atoms with Crippen molar-refractivity contribution in [2.24, 2.45) is 5.92 Å². The fourth-order valence-electron chi connectivity index (χ4n) is 1.05. The Labute approximate surface area is 90.2 Å². The predicted octanol–water partition coefficient (Wildman–Crippen LogP) is 1.63. The lowest BCUT2D eigenvalue weighted by molar-refractivity contribution is -0.124. The fourth-order valence-corrected chi connectivity index (χ4v) is 1.05. The van der Waals surface area contributed by atoms with Gasteiger partial charge in [0, 0.05) is 6.54 Å². The first-order chi connectivity index (χ1) is 7.24. The Morgan fingerprint density at radius 1 is 1.47 bits per heavy atom. The van der Waals surface area contributed by atoms with E-state index in [-0.39, 0.29) is 11.8 Å². The highest BCUT2D eigenvalue weighted by molar-refractivity contribution is 5.79. The summed E-state index contributed by atoms with van der Waals surface area (Å²) in [6.07, 6.45) is 1.61. The van der Waals surface area contributed by atoms with Crippen LogP contribution in [0.2, 0.25) is 0 Å². The molecule has 1 aromatic carbocycles. The number of carbonyl (C=O) groups excluding carboxylic acids is 1. The molecule has 1 aromatic rings. The number of amides is 1. The highest BCUT2D eigenvalue weighted by Crippen LogP contribution is 1.97. The molecule has 0 bridgehead atoms. The van der Waals surface area contributed by atoms with Gasteiger partial charge in [-0.05, 0) is 5.56 Å². The summed E-state index contributed by atoms with van der Waals surface area (Å²) in [5, 5.41) is 0. The minimum absolute atomic E-state index is 0.0686. The highest BCUT2D eigenvalue weighted by Gasteiger charge is 2.06. The number of hydrogen-bond donors (Lipinski definition) is 2. The van der Waals surface area contributed by atoms with Gasteiger partial charge in [-0.15, -0.1) is 6.58 Å². The number of rotatable bonds is 5. The molecule has 80 valence electrons. The van der Waals surface area contributed by atoms with E-state index in [1.807, 2.05) is 30.3 Å². The number of benzene rings is 1. The van der Waals surface area contributed by atoms with E-state index in [1.54, 1.807) is 13.0 Å². The van der Waals surface area contributed by atoms with Crippen molar-refractivity contribution in [1.82, 2.24) is 10.9 Å². The van der Waals surface area contributed by atoms with Crippen LogP contribution < -0.4 is 10.9 Å². The predicted molar refractivity (Wildman–Crippen MR) is 60.8 cm³/mol. The Morgan fingerprint density at radius 2 is 2.13 bits per heavy atom. The van der Waals surface area contributed by atoms with Crippen molar-refractivity contribution in [2.75, 3.05) is 0 Å². The van der Waals surface area contributed by atoms with Crippen molar-refractivity contribution < 1.29 is 4.79 Å². The van der Waals surface area contributed by atoms with Crippen LogP contribution in [0, 0.1) is 5.92 Å². The SMILES string of the molecule is C=CC(C)C(=O)NNCc1ccccc1. The average Bonchev–Trinajstić information content (AvgIpc) is 2.29. The van der Waals surface area contributed by atoms with Crippen molar-refractivity contribution in [3.8, 4) is 0 Å². The van der Waals surface area contributed by atoms with Crippen LogP contribution in [-0.4, -0.2) is 5.91 Å².